The summed E-state index contributed by atoms with van der Waals surface area (Å²) in [6, 6.07) is 1.34. The van der Waals surface area contributed by atoms with E-state index in [1.807, 2.05) is 26.0 Å². The fourth-order valence-corrected chi connectivity index (χ4v) is 3.10. The molecule has 176 valence electrons. The van der Waals surface area contributed by atoms with Gasteiger partial charge in [0.1, 0.15) is 17.1 Å². The van der Waals surface area contributed by atoms with Gasteiger partial charge in [0, 0.05) is 12.0 Å². The molecule has 0 aliphatic carbocycles. The minimum absolute atomic E-state index is 0.147. The standard InChI is InChI=1S/C26H36O6/c1-6-7-9-12-18(2)15-16-20(4)25(29)24-21(27)17-22(32-26(24)30)19(3)13-10-8-11-14-23(28)31-5/h8,11,15-17,19,27H,6-7,9-10,12-14H2,1-5H3/b11-8+,18-15-,20-16+/t19-/m1/s1. The second-order valence-corrected chi connectivity index (χ2v) is 8.08. The molecule has 1 aromatic heterocycles. The number of esters is 1. The van der Waals surface area contributed by atoms with E-state index in [0.717, 1.165) is 31.3 Å². The highest BCUT2D eigenvalue weighted by atomic mass is 16.5. The Morgan fingerprint density at radius 3 is 2.53 bits per heavy atom. The summed E-state index contributed by atoms with van der Waals surface area (Å²) >= 11 is 0. The summed E-state index contributed by atoms with van der Waals surface area (Å²) in [7, 11) is 1.34. The zero-order valence-electron chi connectivity index (χ0n) is 19.9. The topological polar surface area (TPSA) is 93.8 Å². The summed E-state index contributed by atoms with van der Waals surface area (Å²) in [5, 5.41) is 10.4. The van der Waals surface area contributed by atoms with Crippen LogP contribution in [0.3, 0.4) is 0 Å². The van der Waals surface area contributed by atoms with Crippen molar-refractivity contribution in [3.8, 4) is 5.75 Å². The van der Waals surface area contributed by atoms with E-state index in [1.54, 1.807) is 19.1 Å². The largest absolute Gasteiger partial charge is 0.507 e. The van der Waals surface area contributed by atoms with E-state index in [0.29, 0.717) is 24.2 Å². The molecule has 0 saturated heterocycles. The molecule has 1 heterocycles. The number of carbonyl (C=O) groups is 2. The highest BCUT2D eigenvalue weighted by Gasteiger charge is 2.21. The van der Waals surface area contributed by atoms with Crippen LogP contribution in [-0.4, -0.2) is 24.0 Å². The lowest BCUT2D eigenvalue weighted by Crippen LogP contribution is -2.16. The molecule has 0 saturated carbocycles. The number of ketones is 1. The lowest BCUT2D eigenvalue weighted by molar-refractivity contribution is -0.139. The van der Waals surface area contributed by atoms with Crippen LogP contribution in [0, 0.1) is 0 Å². The van der Waals surface area contributed by atoms with Crippen molar-refractivity contribution in [2.24, 2.45) is 0 Å². The monoisotopic (exact) mass is 444 g/mol. The Morgan fingerprint density at radius 1 is 1.19 bits per heavy atom. The van der Waals surface area contributed by atoms with Gasteiger partial charge in [0.05, 0.1) is 13.5 Å². The average molecular weight is 445 g/mol. The van der Waals surface area contributed by atoms with E-state index in [-0.39, 0.29) is 29.6 Å². The Kier molecular flexibility index (Phi) is 12.1. The third kappa shape index (κ3) is 9.08. The van der Waals surface area contributed by atoms with Gasteiger partial charge in [-0.2, -0.15) is 0 Å². The molecular weight excluding hydrogens is 408 g/mol. The number of carbonyl (C=O) groups excluding carboxylic acids is 2. The number of hydrogen-bond acceptors (Lipinski definition) is 6. The first-order valence-corrected chi connectivity index (χ1v) is 11.2. The van der Waals surface area contributed by atoms with Gasteiger partial charge in [0.25, 0.3) is 0 Å². The Morgan fingerprint density at radius 2 is 1.91 bits per heavy atom. The zero-order valence-corrected chi connectivity index (χ0v) is 19.9. The van der Waals surface area contributed by atoms with Gasteiger partial charge < -0.3 is 14.3 Å². The number of methoxy groups -OCH3 is 1. The average Bonchev–Trinajstić information content (AvgIpc) is 2.76. The molecule has 1 rings (SSSR count). The molecule has 32 heavy (non-hydrogen) atoms. The summed E-state index contributed by atoms with van der Waals surface area (Å²) in [6.07, 6.45) is 13.0. The summed E-state index contributed by atoms with van der Waals surface area (Å²) in [4.78, 5) is 36.2. The first-order valence-electron chi connectivity index (χ1n) is 11.2. The predicted molar refractivity (Wildman–Crippen MR) is 126 cm³/mol. The van der Waals surface area contributed by atoms with Crippen molar-refractivity contribution in [2.45, 2.75) is 78.6 Å². The third-order valence-electron chi connectivity index (χ3n) is 5.26. The summed E-state index contributed by atoms with van der Waals surface area (Å²) in [5.41, 5.74) is 0.338. The van der Waals surface area contributed by atoms with Gasteiger partial charge in [0.2, 0.25) is 0 Å². The molecule has 0 amide bonds. The van der Waals surface area contributed by atoms with Gasteiger partial charge in [-0.3, -0.25) is 9.59 Å². The minimum atomic E-state index is -0.838. The van der Waals surface area contributed by atoms with Crippen LogP contribution in [0.15, 0.2) is 50.7 Å². The minimum Gasteiger partial charge on any atom is -0.507 e. The van der Waals surface area contributed by atoms with Crippen LogP contribution in [0.5, 0.6) is 5.75 Å². The molecule has 0 bridgehead atoms. The molecule has 0 fully saturated rings. The van der Waals surface area contributed by atoms with Crippen molar-refractivity contribution in [3.63, 3.8) is 0 Å². The first kappa shape index (κ1) is 27.1. The quantitative estimate of drug-likeness (QED) is 0.100. The fourth-order valence-electron chi connectivity index (χ4n) is 3.10. The number of aromatic hydroxyl groups is 1. The molecule has 1 N–H and O–H groups in total. The second kappa shape index (κ2) is 14.2. The van der Waals surface area contributed by atoms with Crippen molar-refractivity contribution in [2.75, 3.05) is 7.11 Å². The summed E-state index contributed by atoms with van der Waals surface area (Å²) < 4.78 is 9.91. The van der Waals surface area contributed by atoms with Crippen LogP contribution in [-0.2, 0) is 9.53 Å². The summed E-state index contributed by atoms with van der Waals surface area (Å²) in [5.74, 6) is -1.05. The van der Waals surface area contributed by atoms with E-state index >= 15 is 0 Å². The van der Waals surface area contributed by atoms with Crippen LogP contribution >= 0.6 is 0 Å². The maximum absolute atomic E-state index is 12.7. The molecule has 0 aromatic carbocycles. The van der Waals surface area contributed by atoms with Crippen LogP contribution in [0.2, 0.25) is 0 Å². The van der Waals surface area contributed by atoms with Crippen molar-refractivity contribution in [3.05, 3.63) is 63.3 Å². The Labute approximate surface area is 190 Å². The van der Waals surface area contributed by atoms with Crippen molar-refractivity contribution in [1.82, 2.24) is 0 Å². The number of allylic oxidation sites excluding steroid dienone is 5. The van der Waals surface area contributed by atoms with Crippen LogP contribution in [0.1, 0.15) is 94.7 Å². The predicted octanol–water partition coefficient (Wildman–Crippen LogP) is 6.00. The molecular formula is C26H36O6. The molecule has 1 atom stereocenters. The van der Waals surface area contributed by atoms with Crippen LogP contribution in [0.4, 0.5) is 0 Å². The SMILES string of the molecule is CCCCC/C(C)=C\C=C(/C)C(=O)c1c(O)cc([C@H](C)CC/C=C/CC(=O)OC)oc1=O. The van der Waals surface area contributed by atoms with Crippen LogP contribution in [0.25, 0.3) is 0 Å². The number of hydrogen-bond donors (Lipinski definition) is 1. The molecule has 6 nitrogen and oxygen atoms in total. The zero-order chi connectivity index (χ0) is 24.1. The highest BCUT2D eigenvalue weighted by Crippen LogP contribution is 2.26. The van der Waals surface area contributed by atoms with Crippen LogP contribution < -0.4 is 5.63 Å². The van der Waals surface area contributed by atoms with E-state index in [4.69, 9.17) is 4.42 Å². The smallest absolute Gasteiger partial charge is 0.351 e. The van der Waals surface area contributed by atoms with Crippen molar-refractivity contribution < 1.29 is 23.8 Å². The van der Waals surface area contributed by atoms with Crippen molar-refractivity contribution >= 4 is 11.8 Å². The van der Waals surface area contributed by atoms with Gasteiger partial charge in [-0.05, 0) is 45.1 Å². The maximum atomic E-state index is 12.7. The number of ether oxygens (including phenoxy) is 1. The lowest BCUT2D eigenvalue weighted by Gasteiger charge is -2.11. The molecule has 0 radical (unpaired) electrons. The van der Waals surface area contributed by atoms with Gasteiger partial charge >= 0.3 is 11.6 Å². The second-order valence-electron chi connectivity index (χ2n) is 8.08. The molecule has 1 aromatic rings. The fraction of sp³-hybridized carbons (Fsp3) is 0.500. The van der Waals surface area contributed by atoms with E-state index in [2.05, 4.69) is 11.7 Å². The van der Waals surface area contributed by atoms with Gasteiger partial charge in [0.15, 0.2) is 5.78 Å². The molecule has 0 unspecified atom stereocenters. The highest BCUT2D eigenvalue weighted by molar-refractivity contribution is 6.09. The normalized spacial score (nSPS) is 13.4. The summed E-state index contributed by atoms with van der Waals surface area (Å²) in [6.45, 7) is 7.64. The number of unbranched alkanes of at least 4 members (excludes halogenated alkanes) is 2. The molecule has 0 spiro atoms. The van der Waals surface area contributed by atoms with E-state index in [9.17, 15) is 19.5 Å². The number of Topliss-reactive ketones (excluding diaryl/α,β-unsaturated/α-hetero) is 1. The van der Waals surface area contributed by atoms with E-state index in [1.165, 1.54) is 13.2 Å². The maximum Gasteiger partial charge on any atom is 0.351 e. The first-order chi connectivity index (χ1) is 15.2. The molecule has 6 heteroatoms. The number of rotatable bonds is 13. The molecule has 0 aliphatic heterocycles. The van der Waals surface area contributed by atoms with Crippen molar-refractivity contribution in [1.29, 1.82) is 0 Å². The Hall–Kier alpha value is -2.89. The lowest BCUT2D eigenvalue weighted by atomic mass is 9.99. The van der Waals surface area contributed by atoms with Gasteiger partial charge in [-0.15, -0.1) is 0 Å². The molecule has 0 aliphatic rings. The third-order valence-corrected chi connectivity index (χ3v) is 5.26. The van der Waals surface area contributed by atoms with Gasteiger partial charge in [-0.25, -0.2) is 4.79 Å². The van der Waals surface area contributed by atoms with Gasteiger partial charge in [-0.1, -0.05) is 56.6 Å². The Balaban J connectivity index is 2.85. The Bertz CT molecular complexity index is 917. The van der Waals surface area contributed by atoms with E-state index < -0.39 is 11.4 Å².